The molecule has 25 heavy (non-hydrogen) atoms. The van der Waals surface area contributed by atoms with E-state index in [1.807, 2.05) is 13.1 Å². The predicted molar refractivity (Wildman–Crippen MR) is 93.2 cm³/mol. The first-order chi connectivity index (χ1) is 12.0. The second kappa shape index (κ2) is 7.02. The fourth-order valence-corrected chi connectivity index (χ4v) is 2.82. The van der Waals surface area contributed by atoms with Gasteiger partial charge in [0.05, 0.1) is 5.69 Å². The lowest BCUT2D eigenvalue weighted by Gasteiger charge is -2.32. The monoisotopic (exact) mass is 343 g/mol. The molecule has 2 aromatic rings. The molecule has 8 nitrogen and oxygen atoms in total. The number of rotatable bonds is 3. The van der Waals surface area contributed by atoms with Gasteiger partial charge in [0.15, 0.2) is 0 Å². The van der Waals surface area contributed by atoms with Crippen molar-refractivity contribution < 1.29 is 4.79 Å². The van der Waals surface area contributed by atoms with Crippen LogP contribution in [-0.2, 0) is 6.54 Å². The molecule has 3 rings (SSSR count). The first-order valence-electron chi connectivity index (χ1n) is 8.30. The van der Waals surface area contributed by atoms with E-state index in [-0.39, 0.29) is 12.2 Å². The molecule has 1 saturated heterocycles. The number of benzene rings is 1. The van der Waals surface area contributed by atoms with E-state index in [1.165, 1.54) is 0 Å². The summed E-state index contributed by atoms with van der Waals surface area (Å²) in [6.07, 6.45) is 0. The van der Waals surface area contributed by atoms with Crippen molar-refractivity contribution in [3.8, 4) is 5.69 Å². The maximum absolute atomic E-state index is 12.8. The Bertz CT molecular complexity index is 879. The Morgan fingerprint density at radius 2 is 1.72 bits per heavy atom. The topological polar surface area (TPSA) is 80.4 Å². The van der Waals surface area contributed by atoms with Crippen LogP contribution in [0.4, 0.5) is 0 Å². The van der Waals surface area contributed by atoms with E-state index in [0.717, 1.165) is 22.3 Å². The van der Waals surface area contributed by atoms with Crippen molar-refractivity contribution in [1.82, 2.24) is 24.1 Å². The van der Waals surface area contributed by atoms with Crippen molar-refractivity contribution >= 4 is 5.91 Å². The standard InChI is InChI=1S/C17H21N5O3/c1-3-21-16(24)14(15(23)20-11-9-19(2)10-12-20)18-22(17(21)25)13-7-5-4-6-8-13/h4-8H,3,9-12H2,1-2H3. The Morgan fingerprint density at radius 3 is 2.32 bits per heavy atom. The van der Waals surface area contributed by atoms with Crippen LogP contribution in [0.3, 0.4) is 0 Å². The zero-order chi connectivity index (χ0) is 18.0. The number of carbonyl (C=O) groups is 1. The average Bonchev–Trinajstić information content (AvgIpc) is 2.63. The number of para-hydroxylation sites is 1. The van der Waals surface area contributed by atoms with Crippen LogP contribution in [0.15, 0.2) is 39.9 Å². The van der Waals surface area contributed by atoms with Crippen molar-refractivity contribution in [3.63, 3.8) is 0 Å². The van der Waals surface area contributed by atoms with Gasteiger partial charge in [-0.2, -0.15) is 9.78 Å². The molecular weight excluding hydrogens is 322 g/mol. The van der Waals surface area contributed by atoms with Crippen molar-refractivity contribution in [2.45, 2.75) is 13.5 Å². The molecule has 8 heteroatoms. The minimum absolute atomic E-state index is 0.177. The molecule has 0 spiro atoms. The molecule has 1 aromatic carbocycles. The van der Waals surface area contributed by atoms with E-state index in [1.54, 1.807) is 36.1 Å². The van der Waals surface area contributed by atoms with E-state index in [0.29, 0.717) is 18.8 Å². The van der Waals surface area contributed by atoms with Crippen LogP contribution < -0.4 is 11.2 Å². The summed E-state index contributed by atoms with van der Waals surface area (Å²) in [5.74, 6) is -0.426. The maximum Gasteiger partial charge on any atom is 0.352 e. The zero-order valence-corrected chi connectivity index (χ0v) is 14.4. The highest BCUT2D eigenvalue weighted by atomic mass is 16.2. The summed E-state index contributed by atoms with van der Waals surface area (Å²) in [4.78, 5) is 41.7. The number of carbonyl (C=O) groups excluding carboxylic acids is 1. The average molecular weight is 343 g/mol. The van der Waals surface area contributed by atoms with Gasteiger partial charge in [0.1, 0.15) is 0 Å². The number of amides is 1. The molecule has 1 aliphatic rings. The van der Waals surface area contributed by atoms with Gasteiger partial charge in [-0.05, 0) is 26.1 Å². The van der Waals surface area contributed by atoms with Crippen LogP contribution in [-0.4, -0.2) is 63.3 Å². The molecule has 0 atom stereocenters. The third-order valence-electron chi connectivity index (χ3n) is 4.37. The Morgan fingerprint density at radius 1 is 1.08 bits per heavy atom. The van der Waals surface area contributed by atoms with Crippen LogP contribution in [0.2, 0.25) is 0 Å². The normalized spacial score (nSPS) is 15.4. The van der Waals surface area contributed by atoms with Crippen LogP contribution >= 0.6 is 0 Å². The molecule has 2 heterocycles. The molecule has 1 fully saturated rings. The number of aromatic nitrogens is 3. The second-order valence-electron chi connectivity index (χ2n) is 6.02. The molecule has 0 saturated carbocycles. The van der Waals surface area contributed by atoms with Crippen LogP contribution in [0.1, 0.15) is 17.4 Å². The Balaban J connectivity index is 2.09. The molecule has 1 aromatic heterocycles. The van der Waals surface area contributed by atoms with E-state index in [9.17, 15) is 14.4 Å². The van der Waals surface area contributed by atoms with Gasteiger partial charge in [0.2, 0.25) is 5.69 Å². The largest absolute Gasteiger partial charge is 0.352 e. The fraction of sp³-hybridized carbons (Fsp3) is 0.412. The van der Waals surface area contributed by atoms with E-state index in [2.05, 4.69) is 10.00 Å². The smallest absolute Gasteiger partial charge is 0.335 e. The number of nitrogens with zero attached hydrogens (tertiary/aromatic N) is 5. The van der Waals surface area contributed by atoms with Crippen molar-refractivity contribution in [3.05, 3.63) is 56.9 Å². The van der Waals surface area contributed by atoms with E-state index in [4.69, 9.17) is 0 Å². The van der Waals surface area contributed by atoms with Crippen molar-refractivity contribution in [2.24, 2.45) is 0 Å². The molecular formula is C17H21N5O3. The Hall–Kier alpha value is -2.74. The van der Waals surface area contributed by atoms with Gasteiger partial charge in [-0.3, -0.25) is 14.2 Å². The molecule has 1 amide bonds. The van der Waals surface area contributed by atoms with Crippen LogP contribution in [0.25, 0.3) is 5.69 Å². The van der Waals surface area contributed by atoms with Gasteiger partial charge in [0, 0.05) is 32.7 Å². The Kier molecular flexibility index (Phi) is 4.80. The van der Waals surface area contributed by atoms with E-state index < -0.39 is 17.2 Å². The fourth-order valence-electron chi connectivity index (χ4n) is 2.82. The third kappa shape index (κ3) is 3.25. The number of piperazine rings is 1. The molecule has 0 aliphatic carbocycles. The van der Waals surface area contributed by atoms with Gasteiger partial charge in [-0.15, -0.1) is 0 Å². The van der Waals surface area contributed by atoms with Gasteiger partial charge in [-0.25, -0.2) is 4.79 Å². The SMILES string of the molecule is CCn1c(=O)c(C(=O)N2CCN(C)CC2)nn(-c2ccccc2)c1=O. The lowest BCUT2D eigenvalue weighted by molar-refractivity contribution is 0.0652. The highest BCUT2D eigenvalue weighted by Gasteiger charge is 2.26. The van der Waals surface area contributed by atoms with Gasteiger partial charge >= 0.3 is 5.69 Å². The summed E-state index contributed by atoms with van der Waals surface area (Å²) in [7, 11) is 1.99. The highest BCUT2D eigenvalue weighted by molar-refractivity contribution is 5.91. The molecule has 0 radical (unpaired) electrons. The number of hydrogen-bond acceptors (Lipinski definition) is 5. The summed E-state index contributed by atoms with van der Waals surface area (Å²) in [5.41, 5.74) is -0.880. The summed E-state index contributed by atoms with van der Waals surface area (Å²) in [6.45, 7) is 4.43. The summed E-state index contributed by atoms with van der Waals surface area (Å²) < 4.78 is 2.16. The lowest BCUT2D eigenvalue weighted by Crippen LogP contribution is -2.51. The molecule has 0 bridgehead atoms. The quantitative estimate of drug-likeness (QED) is 0.771. The minimum Gasteiger partial charge on any atom is -0.335 e. The van der Waals surface area contributed by atoms with Crippen LogP contribution in [0, 0.1) is 0 Å². The Labute approximate surface area is 144 Å². The van der Waals surface area contributed by atoms with Gasteiger partial charge < -0.3 is 9.80 Å². The van der Waals surface area contributed by atoms with E-state index >= 15 is 0 Å². The lowest BCUT2D eigenvalue weighted by atomic mass is 10.3. The first-order valence-corrected chi connectivity index (χ1v) is 8.30. The predicted octanol–water partition coefficient (Wildman–Crippen LogP) is -0.198. The van der Waals surface area contributed by atoms with Gasteiger partial charge in [0.25, 0.3) is 11.5 Å². The summed E-state index contributed by atoms with van der Waals surface area (Å²) in [6, 6.07) is 8.78. The van der Waals surface area contributed by atoms with Crippen molar-refractivity contribution in [2.75, 3.05) is 33.2 Å². The molecule has 1 aliphatic heterocycles. The molecule has 0 unspecified atom stereocenters. The van der Waals surface area contributed by atoms with Gasteiger partial charge in [-0.1, -0.05) is 18.2 Å². The number of likely N-dealkylation sites (N-methyl/N-ethyl adjacent to an activating group) is 1. The zero-order valence-electron chi connectivity index (χ0n) is 14.4. The highest BCUT2D eigenvalue weighted by Crippen LogP contribution is 2.05. The maximum atomic E-state index is 12.8. The minimum atomic E-state index is -0.636. The second-order valence-corrected chi connectivity index (χ2v) is 6.02. The molecule has 132 valence electrons. The first kappa shape index (κ1) is 17.1. The summed E-state index contributed by atoms with van der Waals surface area (Å²) >= 11 is 0. The van der Waals surface area contributed by atoms with Crippen LogP contribution in [0.5, 0.6) is 0 Å². The molecule has 0 N–H and O–H groups in total. The number of hydrogen-bond donors (Lipinski definition) is 0. The summed E-state index contributed by atoms with van der Waals surface area (Å²) in [5, 5.41) is 4.11. The third-order valence-corrected chi connectivity index (χ3v) is 4.37. The van der Waals surface area contributed by atoms with Crippen molar-refractivity contribution in [1.29, 1.82) is 0 Å².